The van der Waals surface area contributed by atoms with Gasteiger partial charge in [-0.15, -0.1) is 0 Å². The van der Waals surface area contributed by atoms with Gasteiger partial charge in [-0.2, -0.15) is 5.10 Å². The third-order valence-corrected chi connectivity index (χ3v) is 6.23. The molecule has 2 aliphatic rings. The van der Waals surface area contributed by atoms with Crippen LogP contribution in [0.15, 0.2) is 61.1 Å². The summed E-state index contributed by atoms with van der Waals surface area (Å²) in [5.74, 6) is 0. The van der Waals surface area contributed by atoms with Crippen LogP contribution in [0.4, 0.5) is 4.79 Å². The number of nitrogens with zero attached hydrogens (tertiary/aromatic N) is 5. The van der Waals surface area contributed by atoms with Crippen molar-refractivity contribution in [2.75, 3.05) is 26.2 Å². The molecule has 154 valence electrons. The summed E-state index contributed by atoms with van der Waals surface area (Å²) in [4.78, 5) is 20.6. The zero-order valence-electron chi connectivity index (χ0n) is 17.1. The zero-order chi connectivity index (χ0) is 20.6. The zero-order valence-corrected chi connectivity index (χ0v) is 17.1. The Balaban J connectivity index is 1.46. The van der Waals surface area contributed by atoms with E-state index >= 15 is 0 Å². The Morgan fingerprint density at radius 3 is 2.67 bits per heavy atom. The van der Waals surface area contributed by atoms with Crippen LogP contribution in [-0.2, 0) is 11.3 Å². The van der Waals surface area contributed by atoms with E-state index in [-0.39, 0.29) is 11.6 Å². The molecule has 1 aromatic carbocycles. The van der Waals surface area contributed by atoms with Gasteiger partial charge in [-0.1, -0.05) is 25.1 Å². The molecule has 0 radical (unpaired) electrons. The number of ether oxygens (including phenoxy) is 1. The molecule has 7 nitrogen and oxygen atoms in total. The van der Waals surface area contributed by atoms with Gasteiger partial charge < -0.3 is 4.74 Å². The Bertz CT molecular complexity index is 1040. The van der Waals surface area contributed by atoms with Crippen molar-refractivity contribution in [3.05, 3.63) is 66.6 Å². The number of pyridine rings is 1. The van der Waals surface area contributed by atoms with Gasteiger partial charge in [-0.25, -0.2) is 9.48 Å². The van der Waals surface area contributed by atoms with Gasteiger partial charge in [-0.05, 0) is 30.7 Å². The summed E-state index contributed by atoms with van der Waals surface area (Å²) in [5, 5.41) is 4.91. The first-order valence-electron chi connectivity index (χ1n) is 10.4. The molecule has 0 bridgehead atoms. The van der Waals surface area contributed by atoms with Crippen LogP contribution in [0.25, 0.3) is 16.9 Å². The largest absolute Gasteiger partial charge is 0.447 e. The van der Waals surface area contributed by atoms with Crippen LogP contribution in [0.3, 0.4) is 0 Å². The minimum atomic E-state index is -0.221. The van der Waals surface area contributed by atoms with Crippen LogP contribution in [0.2, 0.25) is 0 Å². The SMILES string of the molecule is CCC12COC(=O)N1CCN(Cc1cn(-c3ccccc3)nc1-c1ccncc1)C2. The molecule has 1 unspecified atom stereocenters. The molecule has 1 amide bonds. The van der Waals surface area contributed by atoms with Gasteiger partial charge in [0.1, 0.15) is 6.61 Å². The summed E-state index contributed by atoms with van der Waals surface area (Å²) < 4.78 is 7.33. The van der Waals surface area contributed by atoms with Gasteiger partial charge in [0.2, 0.25) is 0 Å². The number of para-hydroxylation sites is 1. The number of amides is 1. The first kappa shape index (κ1) is 18.8. The normalized spacial score (nSPS) is 21.5. The number of rotatable bonds is 5. The van der Waals surface area contributed by atoms with E-state index in [1.54, 1.807) is 12.4 Å². The molecule has 5 rings (SSSR count). The van der Waals surface area contributed by atoms with E-state index in [4.69, 9.17) is 9.84 Å². The van der Waals surface area contributed by atoms with Crippen molar-refractivity contribution in [2.24, 2.45) is 0 Å². The Morgan fingerprint density at radius 2 is 1.90 bits per heavy atom. The highest BCUT2D eigenvalue weighted by atomic mass is 16.6. The number of piperazine rings is 1. The topological polar surface area (TPSA) is 63.5 Å². The summed E-state index contributed by atoms with van der Waals surface area (Å²) in [5.41, 5.74) is 3.99. The minimum absolute atomic E-state index is 0.175. The molecule has 1 atom stereocenters. The average Bonchev–Trinajstić information content (AvgIpc) is 3.37. The maximum absolute atomic E-state index is 12.1. The number of carbonyl (C=O) groups is 1. The van der Waals surface area contributed by atoms with Crippen molar-refractivity contribution in [1.29, 1.82) is 0 Å². The standard InChI is InChI=1S/C23H25N5O2/c1-2-23-16-26(12-13-27(23)22(29)30-17-23)14-19-15-28(20-6-4-3-5-7-20)25-21(19)18-8-10-24-11-9-18/h3-11,15H,2,12-14,16-17H2,1H3. The smallest absolute Gasteiger partial charge is 0.410 e. The van der Waals surface area contributed by atoms with Gasteiger partial charge >= 0.3 is 6.09 Å². The number of carbonyl (C=O) groups excluding carboxylic acids is 1. The lowest BCUT2D eigenvalue weighted by molar-refractivity contribution is 0.0450. The summed E-state index contributed by atoms with van der Waals surface area (Å²) in [6, 6.07) is 14.1. The molecule has 7 heteroatoms. The van der Waals surface area contributed by atoms with E-state index in [1.807, 2.05) is 39.9 Å². The van der Waals surface area contributed by atoms with Gasteiger partial charge in [-0.3, -0.25) is 14.8 Å². The molecule has 0 spiro atoms. The van der Waals surface area contributed by atoms with Crippen LogP contribution >= 0.6 is 0 Å². The predicted molar refractivity (Wildman–Crippen MR) is 113 cm³/mol. The maximum atomic E-state index is 12.1. The fourth-order valence-corrected chi connectivity index (χ4v) is 4.51. The molecule has 4 heterocycles. The van der Waals surface area contributed by atoms with E-state index in [0.717, 1.165) is 48.6 Å². The third-order valence-electron chi connectivity index (χ3n) is 6.23. The Morgan fingerprint density at radius 1 is 1.10 bits per heavy atom. The van der Waals surface area contributed by atoms with E-state index in [0.29, 0.717) is 13.2 Å². The number of hydrogen-bond acceptors (Lipinski definition) is 5. The van der Waals surface area contributed by atoms with Crippen LogP contribution in [0.5, 0.6) is 0 Å². The summed E-state index contributed by atoms with van der Waals surface area (Å²) >= 11 is 0. The number of hydrogen-bond donors (Lipinski definition) is 0. The first-order valence-corrected chi connectivity index (χ1v) is 10.4. The van der Waals surface area contributed by atoms with Crippen LogP contribution in [0, 0.1) is 0 Å². The van der Waals surface area contributed by atoms with Crippen molar-refractivity contribution in [1.82, 2.24) is 24.6 Å². The Kier molecular flexibility index (Phi) is 4.75. The predicted octanol–water partition coefficient (Wildman–Crippen LogP) is 3.35. The molecule has 2 fully saturated rings. The quantitative estimate of drug-likeness (QED) is 0.654. The number of aromatic nitrogens is 3. The molecule has 3 aromatic rings. The van der Waals surface area contributed by atoms with Crippen molar-refractivity contribution < 1.29 is 9.53 Å². The number of fused-ring (bicyclic) bond motifs is 1. The maximum Gasteiger partial charge on any atom is 0.410 e. The van der Waals surface area contributed by atoms with Crippen LogP contribution < -0.4 is 0 Å². The molecule has 2 saturated heterocycles. The lowest BCUT2D eigenvalue weighted by Gasteiger charge is -2.44. The van der Waals surface area contributed by atoms with Crippen molar-refractivity contribution in [3.8, 4) is 16.9 Å². The van der Waals surface area contributed by atoms with Crippen molar-refractivity contribution >= 4 is 6.09 Å². The second-order valence-corrected chi connectivity index (χ2v) is 8.01. The van der Waals surface area contributed by atoms with Crippen LogP contribution in [0.1, 0.15) is 18.9 Å². The highest BCUT2D eigenvalue weighted by molar-refractivity contribution is 5.71. The first-order chi connectivity index (χ1) is 14.7. The second kappa shape index (κ2) is 7.57. The van der Waals surface area contributed by atoms with Gasteiger partial charge in [0, 0.05) is 55.9 Å². The molecular weight excluding hydrogens is 378 g/mol. The summed E-state index contributed by atoms with van der Waals surface area (Å²) in [7, 11) is 0. The van der Waals surface area contributed by atoms with Gasteiger partial charge in [0.15, 0.2) is 0 Å². The molecule has 2 aliphatic heterocycles. The third kappa shape index (κ3) is 3.25. The fraction of sp³-hybridized carbons (Fsp3) is 0.348. The van der Waals surface area contributed by atoms with Crippen molar-refractivity contribution in [2.45, 2.75) is 25.4 Å². The molecule has 30 heavy (non-hydrogen) atoms. The summed E-state index contributed by atoms with van der Waals surface area (Å²) in [6.07, 6.45) is 6.42. The van der Waals surface area contributed by atoms with E-state index < -0.39 is 0 Å². The molecule has 2 aromatic heterocycles. The van der Waals surface area contributed by atoms with Crippen molar-refractivity contribution in [3.63, 3.8) is 0 Å². The Hall–Kier alpha value is -3.19. The highest BCUT2D eigenvalue weighted by Crippen LogP contribution is 2.33. The average molecular weight is 403 g/mol. The monoisotopic (exact) mass is 403 g/mol. The molecular formula is C23H25N5O2. The molecule has 0 saturated carbocycles. The van der Waals surface area contributed by atoms with Crippen LogP contribution in [-0.4, -0.2) is 62.4 Å². The minimum Gasteiger partial charge on any atom is -0.447 e. The van der Waals surface area contributed by atoms with Gasteiger partial charge in [0.05, 0.1) is 16.9 Å². The van der Waals surface area contributed by atoms with E-state index in [2.05, 4.69) is 35.1 Å². The molecule has 0 N–H and O–H groups in total. The Labute approximate surface area is 175 Å². The second-order valence-electron chi connectivity index (χ2n) is 8.01. The number of cyclic esters (lactones) is 1. The fourth-order valence-electron chi connectivity index (χ4n) is 4.51. The summed E-state index contributed by atoms with van der Waals surface area (Å²) in [6.45, 7) is 5.71. The molecule has 0 aliphatic carbocycles. The lowest BCUT2D eigenvalue weighted by atomic mass is 9.92. The number of benzene rings is 1. The van der Waals surface area contributed by atoms with E-state index in [9.17, 15) is 4.79 Å². The highest BCUT2D eigenvalue weighted by Gasteiger charge is 2.49. The van der Waals surface area contributed by atoms with E-state index in [1.165, 1.54) is 0 Å². The lowest BCUT2D eigenvalue weighted by Crippen LogP contribution is -2.60. The van der Waals surface area contributed by atoms with Gasteiger partial charge in [0.25, 0.3) is 0 Å².